The number of nitrogens with one attached hydrogen (secondary N) is 2. The number of H-pyrrole nitrogens is 1. The van der Waals surface area contributed by atoms with Crippen LogP contribution < -0.4 is 5.48 Å². The lowest BCUT2D eigenvalue weighted by atomic mass is 10.0. The minimum atomic E-state index is -4.64. The molecule has 3 heterocycles. The lowest BCUT2D eigenvalue weighted by Crippen LogP contribution is -2.15. The molecule has 0 radical (unpaired) electrons. The van der Waals surface area contributed by atoms with E-state index in [0.717, 1.165) is 12.1 Å². The van der Waals surface area contributed by atoms with E-state index < -0.39 is 23.5 Å². The molecule has 0 atom stereocenters. The second-order valence-corrected chi connectivity index (χ2v) is 7.50. The molecule has 3 aromatic heterocycles. The Kier molecular flexibility index (Phi) is 6.22. The first kappa shape index (κ1) is 23.2. The van der Waals surface area contributed by atoms with E-state index >= 15 is 0 Å². The third-order valence-electron chi connectivity index (χ3n) is 4.82. The van der Waals surface area contributed by atoms with Crippen LogP contribution in [0.25, 0.3) is 11.0 Å². The average Bonchev–Trinajstić information content (AvgIpc) is 3.27. The van der Waals surface area contributed by atoms with Crippen molar-refractivity contribution < 1.29 is 32.6 Å². The topological polar surface area (TPSA) is 106 Å². The molecular formula is C22H14ClF3N4O4. The Morgan fingerprint density at radius 3 is 2.68 bits per heavy atom. The van der Waals surface area contributed by atoms with Gasteiger partial charge < -0.3 is 4.98 Å². The van der Waals surface area contributed by atoms with Crippen LogP contribution in [0, 0.1) is 6.92 Å². The summed E-state index contributed by atoms with van der Waals surface area (Å²) in [5.74, 6) is -1.70. The highest BCUT2D eigenvalue weighted by atomic mass is 35.5. The van der Waals surface area contributed by atoms with Crippen LogP contribution in [0.4, 0.5) is 18.9 Å². The van der Waals surface area contributed by atoms with Crippen LogP contribution in [0.2, 0.25) is 5.02 Å². The lowest BCUT2D eigenvalue weighted by molar-refractivity contribution is -0.216. The van der Waals surface area contributed by atoms with Gasteiger partial charge in [-0.2, -0.15) is 13.2 Å². The molecule has 0 aliphatic rings. The molecule has 0 spiro atoms. The maximum atomic E-state index is 13.1. The predicted molar refractivity (Wildman–Crippen MR) is 115 cm³/mol. The Hall–Kier alpha value is -3.96. The van der Waals surface area contributed by atoms with Crippen LogP contribution in [0.5, 0.6) is 0 Å². The van der Waals surface area contributed by atoms with Crippen molar-refractivity contribution in [2.45, 2.75) is 13.1 Å². The van der Waals surface area contributed by atoms with Gasteiger partial charge in [-0.1, -0.05) is 22.7 Å². The quantitative estimate of drug-likeness (QED) is 0.215. The Balaban J connectivity index is 1.52. The van der Waals surface area contributed by atoms with Crippen molar-refractivity contribution >= 4 is 40.1 Å². The van der Waals surface area contributed by atoms with Gasteiger partial charge in [0.05, 0.1) is 21.8 Å². The zero-order valence-corrected chi connectivity index (χ0v) is 18.0. The number of fused-ring (bicyclic) bond motifs is 1. The van der Waals surface area contributed by atoms with Crippen molar-refractivity contribution in [2.24, 2.45) is 0 Å². The summed E-state index contributed by atoms with van der Waals surface area (Å²) in [6, 6.07) is 7.45. The molecule has 0 aliphatic carbocycles. The average molecular weight is 491 g/mol. The van der Waals surface area contributed by atoms with Gasteiger partial charge in [0, 0.05) is 29.5 Å². The Morgan fingerprint density at radius 1 is 1.12 bits per heavy atom. The Labute approximate surface area is 194 Å². The first-order valence-corrected chi connectivity index (χ1v) is 9.97. The van der Waals surface area contributed by atoms with E-state index in [9.17, 15) is 22.8 Å². The summed E-state index contributed by atoms with van der Waals surface area (Å²) in [5.41, 5.74) is 1.48. The second kappa shape index (κ2) is 9.12. The van der Waals surface area contributed by atoms with Crippen LogP contribution in [0.1, 0.15) is 37.5 Å². The molecule has 0 amide bonds. The molecule has 12 heteroatoms. The molecule has 34 heavy (non-hydrogen) atoms. The number of pyridine rings is 2. The van der Waals surface area contributed by atoms with Crippen LogP contribution in [0.3, 0.4) is 0 Å². The summed E-state index contributed by atoms with van der Waals surface area (Å²) in [4.78, 5) is 45.6. The van der Waals surface area contributed by atoms with Gasteiger partial charge in [-0.25, -0.2) is 20.2 Å². The van der Waals surface area contributed by atoms with Crippen molar-refractivity contribution in [1.82, 2.24) is 15.0 Å². The predicted octanol–water partition coefficient (Wildman–Crippen LogP) is 5.29. The van der Waals surface area contributed by atoms with Crippen molar-refractivity contribution in [3.05, 3.63) is 88.0 Å². The van der Waals surface area contributed by atoms with Gasteiger partial charge in [-0.05, 0) is 42.8 Å². The number of hydrogen-bond acceptors (Lipinski definition) is 7. The molecule has 0 unspecified atom stereocenters. The van der Waals surface area contributed by atoms with E-state index in [4.69, 9.17) is 16.6 Å². The van der Waals surface area contributed by atoms with Crippen molar-refractivity contribution in [1.29, 1.82) is 0 Å². The van der Waals surface area contributed by atoms with Crippen molar-refractivity contribution in [3.63, 3.8) is 0 Å². The van der Waals surface area contributed by atoms with Crippen molar-refractivity contribution in [3.8, 4) is 0 Å². The zero-order valence-electron chi connectivity index (χ0n) is 17.2. The second-order valence-electron chi connectivity index (χ2n) is 7.06. The maximum Gasteiger partial charge on any atom is 0.416 e. The van der Waals surface area contributed by atoms with Crippen LogP contribution in [0.15, 0.2) is 55.0 Å². The fourth-order valence-corrected chi connectivity index (χ4v) is 3.35. The summed E-state index contributed by atoms with van der Waals surface area (Å²) in [6.07, 6.45) is -0.323. The first-order chi connectivity index (χ1) is 16.1. The largest absolute Gasteiger partial charge is 0.416 e. The van der Waals surface area contributed by atoms with Gasteiger partial charge in [-0.3, -0.25) is 9.68 Å². The number of benzene rings is 1. The molecule has 8 nitrogen and oxygen atoms in total. The number of ketones is 1. The smallest absolute Gasteiger partial charge is 0.346 e. The molecule has 0 aliphatic heterocycles. The molecule has 174 valence electrons. The summed E-state index contributed by atoms with van der Waals surface area (Å²) in [5, 5.41) is 0.700. The van der Waals surface area contributed by atoms with Crippen LogP contribution >= 0.6 is 11.6 Å². The fraction of sp³-hybridized carbons (Fsp3) is 0.0909. The number of aromatic nitrogens is 3. The highest BCUT2D eigenvalue weighted by molar-refractivity contribution is 6.31. The van der Waals surface area contributed by atoms with Crippen LogP contribution in [-0.4, -0.2) is 26.7 Å². The first-order valence-electron chi connectivity index (χ1n) is 9.59. The van der Waals surface area contributed by atoms with Gasteiger partial charge in [0.2, 0.25) is 5.78 Å². The lowest BCUT2D eigenvalue weighted by Gasteiger charge is -2.12. The van der Waals surface area contributed by atoms with E-state index in [-0.39, 0.29) is 27.5 Å². The number of nitrogens with zero attached hydrogens (tertiary/aromatic N) is 2. The number of anilines is 1. The Morgan fingerprint density at radius 2 is 1.91 bits per heavy atom. The normalized spacial score (nSPS) is 11.4. The molecule has 0 saturated carbocycles. The summed E-state index contributed by atoms with van der Waals surface area (Å²) >= 11 is 5.96. The van der Waals surface area contributed by atoms with E-state index in [0.29, 0.717) is 22.7 Å². The summed E-state index contributed by atoms with van der Waals surface area (Å²) in [6.45, 7) is 1.27. The molecule has 0 saturated heterocycles. The summed E-state index contributed by atoms with van der Waals surface area (Å²) < 4.78 is 39.3. The van der Waals surface area contributed by atoms with Gasteiger partial charge in [-0.15, -0.1) is 0 Å². The van der Waals surface area contributed by atoms with Crippen LogP contribution in [-0.2, 0) is 16.1 Å². The number of hydrogen-bond donors (Lipinski definition) is 2. The van der Waals surface area contributed by atoms with Gasteiger partial charge >= 0.3 is 12.1 Å². The standard InChI is InChI=1S/C22H14ClF3N4O4/c1-11-2-3-12(8-16(11)22(24,25)26)21(32)33-34-30-17-9-13(23)10-29-18(17)19(31)14-4-6-27-20-15(14)5-7-28-20/h2-10,30H,1H3,(H,27,28). The van der Waals surface area contributed by atoms with E-state index in [1.165, 1.54) is 31.5 Å². The van der Waals surface area contributed by atoms with Gasteiger partial charge in [0.15, 0.2) is 0 Å². The fourth-order valence-electron chi connectivity index (χ4n) is 3.19. The zero-order chi connectivity index (χ0) is 24.5. The molecule has 1 aromatic carbocycles. The Bertz CT molecular complexity index is 1400. The maximum absolute atomic E-state index is 13.1. The molecular weight excluding hydrogens is 477 g/mol. The number of halogens is 4. The number of rotatable bonds is 6. The molecule has 4 rings (SSSR count). The third-order valence-corrected chi connectivity index (χ3v) is 5.03. The monoisotopic (exact) mass is 490 g/mol. The molecule has 0 bridgehead atoms. The van der Waals surface area contributed by atoms with Gasteiger partial charge in [0.25, 0.3) is 0 Å². The van der Waals surface area contributed by atoms with E-state index in [1.807, 2.05) is 0 Å². The van der Waals surface area contributed by atoms with Gasteiger partial charge in [0.1, 0.15) is 11.3 Å². The van der Waals surface area contributed by atoms with E-state index in [1.54, 1.807) is 12.3 Å². The number of aryl methyl sites for hydroxylation is 1. The number of carbonyl (C=O) groups excluding carboxylic acids is 2. The third kappa shape index (κ3) is 4.70. The minimum absolute atomic E-state index is 0.0364. The highest BCUT2D eigenvalue weighted by Crippen LogP contribution is 2.32. The number of alkyl halides is 3. The number of aromatic amines is 1. The highest BCUT2D eigenvalue weighted by Gasteiger charge is 2.33. The summed E-state index contributed by atoms with van der Waals surface area (Å²) in [7, 11) is 0. The van der Waals surface area contributed by atoms with Crippen molar-refractivity contribution in [2.75, 3.05) is 5.48 Å². The number of carbonyl (C=O) groups is 2. The minimum Gasteiger partial charge on any atom is -0.346 e. The van der Waals surface area contributed by atoms with E-state index in [2.05, 4.69) is 25.3 Å². The molecule has 4 aromatic rings. The molecule has 2 N–H and O–H groups in total. The SMILES string of the molecule is Cc1ccc(C(=O)OONc2cc(Cl)cnc2C(=O)c2ccnc3[nH]ccc23)cc1C(F)(F)F. The molecule has 0 fully saturated rings.